The van der Waals surface area contributed by atoms with Crippen LogP contribution in [0.1, 0.15) is 26.7 Å². The summed E-state index contributed by atoms with van der Waals surface area (Å²) in [5.41, 5.74) is 1.49. The molecular weight excluding hydrogens is 256 g/mol. The average molecular weight is 278 g/mol. The number of nitrogens with zero attached hydrogens (tertiary/aromatic N) is 2. The van der Waals surface area contributed by atoms with Crippen LogP contribution in [0.5, 0.6) is 0 Å². The summed E-state index contributed by atoms with van der Waals surface area (Å²) in [5, 5.41) is 11.8. The Kier molecular flexibility index (Phi) is 4.21. The van der Waals surface area contributed by atoms with E-state index in [1.165, 1.54) is 0 Å². The van der Waals surface area contributed by atoms with Crippen molar-refractivity contribution in [1.82, 2.24) is 9.55 Å². The van der Waals surface area contributed by atoms with Gasteiger partial charge in [-0.25, -0.2) is 4.98 Å². The van der Waals surface area contributed by atoms with Crippen molar-refractivity contribution in [3.8, 4) is 0 Å². The van der Waals surface area contributed by atoms with Crippen LogP contribution >= 0.6 is 11.8 Å². The molecule has 0 aliphatic heterocycles. The lowest BCUT2D eigenvalue weighted by molar-refractivity contribution is 0.0730. The molecule has 0 saturated carbocycles. The van der Waals surface area contributed by atoms with E-state index >= 15 is 0 Å². The van der Waals surface area contributed by atoms with E-state index in [9.17, 15) is 5.11 Å². The van der Waals surface area contributed by atoms with Crippen molar-refractivity contribution in [1.29, 1.82) is 0 Å². The third kappa shape index (κ3) is 3.12. The average Bonchev–Trinajstić information content (AvgIpc) is 2.76. The number of rotatable bonds is 4. The molecule has 2 atom stereocenters. The largest absolute Gasteiger partial charge is 0.385 e. The zero-order valence-electron chi connectivity index (χ0n) is 11.9. The normalized spacial score (nSPS) is 27.2. The number of aliphatic hydroxyl groups is 1. The predicted molar refractivity (Wildman–Crippen MR) is 80.2 cm³/mol. The third-order valence-corrected chi connectivity index (χ3v) is 5.21. The Morgan fingerprint density at radius 2 is 2.42 bits per heavy atom. The summed E-state index contributed by atoms with van der Waals surface area (Å²) >= 11 is 1.61. The van der Waals surface area contributed by atoms with E-state index in [0.29, 0.717) is 11.7 Å². The van der Waals surface area contributed by atoms with Gasteiger partial charge in [-0.15, -0.1) is 0 Å². The van der Waals surface area contributed by atoms with Crippen molar-refractivity contribution in [2.24, 2.45) is 13.0 Å². The molecule has 1 heterocycles. The van der Waals surface area contributed by atoms with Gasteiger partial charge >= 0.3 is 0 Å². The fraction of sp³-hybridized carbons (Fsp3) is 0.533. The van der Waals surface area contributed by atoms with Gasteiger partial charge in [-0.2, -0.15) is 0 Å². The Bertz CT molecular complexity index is 506. The molecule has 4 heteroatoms. The first-order valence-corrected chi connectivity index (χ1v) is 7.56. The Labute approximate surface area is 119 Å². The topological polar surface area (TPSA) is 38.1 Å². The van der Waals surface area contributed by atoms with Crippen LogP contribution in [0.15, 0.2) is 41.4 Å². The van der Waals surface area contributed by atoms with E-state index in [1.54, 1.807) is 18.0 Å². The molecule has 0 amide bonds. The lowest BCUT2D eigenvalue weighted by Crippen LogP contribution is -2.38. The van der Waals surface area contributed by atoms with Gasteiger partial charge < -0.3 is 9.67 Å². The van der Waals surface area contributed by atoms with Crippen LogP contribution < -0.4 is 0 Å². The van der Waals surface area contributed by atoms with Crippen LogP contribution in [0.3, 0.4) is 0 Å². The second-order valence-electron chi connectivity index (χ2n) is 5.51. The number of hydrogen-bond donors (Lipinski definition) is 1. The maximum atomic E-state index is 10.9. The van der Waals surface area contributed by atoms with Crippen LogP contribution in [0.25, 0.3) is 0 Å². The number of allylic oxidation sites excluding steroid dienone is 2. The standard InChI is InChI=1S/C15H22N2OS/c1-11(2)13-6-5-12(3)15(18,9-13)10-19-14-16-7-8-17(14)4/h5,7-8,13,18H,1,6,9-10H2,2-4H3/t13-,15+/m1/s1. The Morgan fingerprint density at radius 3 is 3.00 bits per heavy atom. The minimum atomic E-state index is -0.738. The molecule has 0 bridgehead atoms. The van der Waals surface area contributed by atoms with Gasteiger partial charge in [0.05, 0.1) is 5.60 Å². The van der Waals surface area contributed by atoms with Crippen LogP contribution in [0, 0.1) is 5.92 Å². The summed E-state index contributed by atoms with van der Waals surface area (Å²) in [7, 11) is 1.97. The molecule has 1 aliphatic carbocycles. The van der Waals surface area contributed by atoms with Crippen molar-refractivity contribution in [2.45, 2.75) is 37.4 Å². The maximum Gasteiger partial charge on any atom is 0.167 e. The van der Waals surface area contributed by atoms with E-state index in [0.717, 1.165) is 29.1 Å². The summed E-state index contributed by atoms with van der Waals surface area (Å²) in [4.78, 5) is 4.29. The summed E-state index contributed by atoms with van der Waals surface area (Å²) in [5.74, 6) is 1.03. The second kappa shape index (κ2) is 5.55. The van der Waals surface area contributed by atoms with E-state index in [2.05, 4.69) is 17.6 Å². The summed E-state index contributed by atoms with van der Waals surface area (Å²) < 4.78 is 1.98. The molecule has 0 aromatic carbocycles. The first-order chi connectivity index (χ1) is 8.92. The Hall–Kier alpha value is -1.00. The van der Waals surface area contributed by atoms with Crippen LogP contribution in [-0.2, 0) is 7.05 Å². The number of imidazole rings is 1. The zero-order valence-corrected chi connectivity index (χ0v) is 12.7. The van der Waals surface area contributed by atoms with E-state index < -0.39 is 5.60 Å². The third-order valence-electron chi connectivity index (χ3n) is 3.94. The SMILES string of the molecule is C=C(C)[C@@H]1CC=C(C)[C@@](O)(CSc2nccn2C)C1. The molecule has 19 heavy (non-hydrogen) atoms. The Morgan fingerprint density at radius 1 is 1.68 bits per heavy atom. The quantitative estimate of drug-likeness (QED) is 0.679. The molecular formula is C15H22N2OS. The van der Waals surface area contributed by atoms with Gasteiger partial charge in [0.1, 0.15) is 0 Å². The summed E-state index contributed by atoms with van der Waals surface area (Å²) in [6, 6.07) is 0. The van der Waals surface area contributed by atoms with Gasteiger partial charge in [0, 0.05) is 25.2 Å². The molecule has 0 radical (unpaired) electrons. The van der Waals surface area contributed by atoms with Gasteiger partial charge in [-0.3, -0.25) is 0 Å². The van der Waals surface area contributed by atoms with Gasteiger partial charge in [0.25, 0.3) is 0 Å². The van der Waals surface area contributed by atoms with Crippen LogP contribution in [0.2, 0.25) is 0 Å². The fourth-order valence-corrected chi connectivity index (χ4v) is 3.50. The minimum absolute atomic E-state index is 0.385. The van der Waals surface area contributed by atoms with Crippen LogP contribution in [0.4, 0.5) is 0 Å². The highest BCUT2D eigenvalue weighted by Crippen LogP contribution is 2.38. The van der Waals surface area contributed by atoms with E-state index in [4.69, 9.17) is 0 Å². The first kappa shape index (κ1) is 14.4. The van der Waals surface area contributed by atoms with E-state index in [1.807, 2.05) is 31.7 Å². The number of thioether (sulfide) groups is 1. The van der Waals surface area contributed by atoms with Crippen molar-refractivity contribution < 1.29 is 5.11 Å². The molecule has 1 aromatic rings. The smallest absolute Gasteiger partial charge is 0.167 e. The van der Waals surface area contributed by atoms with Crippen molar-refractivity contribution >= 4 is 11.8 Å². The molecule has 0 saturated heterocycles. The molecule has 2 rings (SSSR count). The zero-order chi connectivity index (χ0) is 14.0. The van der Waals surface area contributed by atoms with Gasteiger partial charge in [-0.1, -0.05) is 30.0 Å². The summed E-state index contributed by atoms with van der Waals surface area (Å²) in [6.07, 6.45) is 7.62. The van der Waals surface area contributed by atoms with Gasteiger partial charge in [0.2, 0.25) is 0 Å². The van der Waals surface area contributed by atoms with Crippen LogP contribution in [-0.4, -0.2) is 26.0 Å². The fourth-order valence-electron chi connectivity index (χ4n) is 2.38. The van der Waals surface area contributed by atoms with Gasteiger partial charge in [0.15, 0.2) is 5.16 Å². The first-order valence-electron chi connectivity index (χ1n) is 6.57. The molecule has 1 aliphatic rings. The number of aryl methyl sites for hydroxylation is 1. The van der Waals surface area contributed by atoms with Gasteiger partial charge in [-0.05, 0) is 38.2 Å². The molecule has 0 fully saturated rings. The lowest BCUT2D eigenvalue weighted by atomic mass is 9.77. The monoisotopic (exact) mass is 278 g/mol. The van der Waals surface area contributed by atoms with Crippen molar-refractivity contribution in [3.63, 3.8) is 0 Å². The second-order valence-corrected chi connectivity index (χ2v) is 6.45. The molecule has 0 unspecified atom stereocenters. The predicted octanol–water partition coefficient (Wildman–Crippen LogP) is 3.18. The number of aromatic nitrogens is 2. The number of hydrogen-bond acceptors (Lipinski definition) is 3. The van der Waals surface area contributed by atoms with E-state index in [-0.39, 0.29) is 0 Å². The van der Waals surface area contributed by atoms with Crippen molar-refractivity contribution in [2.75, 3.05) is 5.75 Å². The molecule has 1 aromatic heterocycles. The highest BCUT2D eigenvalue weighted by atomic mass is 32.2. The molecule has 0 spiro atoms. The maximum absolute atomic E-state index is 10.9. The summed E-state index contributed by atoms with van der Waals surface area (Å²) in [6.45, 7) is 8.10. The Balaban J connectivity index is 2.08. The molecule has 3 nitrogen and oxygen atoms in total. The lowest BCUT2D eigenvalue weighted by Gasteiger charge is -2.36. The highest BCUT2D eigenvalue weighted by molar-refractivity contribution is 7.99. The van der Waals surface area contributed by atoms with Crippen molar-refractivity contribution in [3.05, 3.63) is 36.2 Å². The molecule has 104 valence electrons. The highest BCUT2D eigenvalue weighted by Gasteiger charge is 2.35. The minimum Gasteiger partial charge on any atom is -0.385 e. The molecule has 1 N–H and O–H groups in total.